The molecule has 0 saturated heterocycles. The van der Waals surface area contributed by atoms with E-state index in [0.29, 0.717) is 16.0 Å². The molecule has 0 amide bonds. The van der Waals surface area contributed by atoms with Gasteiger partial charge in [-0.3, -0.25) is 4.98 Å². The van der Waals surface area contributed by atoms with Gasteiger partial charge in [0.25, 0.3) is 0 Å². The minimum absolute atomic E-state index is 0.0219. The molecular formula is C29H23Cl2F2NO6S. The molecule has 214 valence electrons. The SMILES string of the molecule is O=C(COC(=O)c1cc2ccccc2s1)O[C@@H](Cc1c(Cl)cncc1Cl)c1ccc(OC(F)F)c(OC2CCC2)c1. The Bertz CT molecular complexity index is 1510. The van der Waals surface area contributed by atoms with E-state index >= 15 is 0 Å². The van der Waals surface area contributed by atoms with Gasteiger partial charge >= 0.3 is 18.6 Å². The summed E-state index contributed by atoms with van der Waals surface area (Å²) in [5.74, 6) is -1.54. The summed E-state index contributed by atoms with van der Waals surface area (Å²) in [5, 5.41) is 1.38. The number of rotatable bonds is 11. The highest BCUT2D eigenvalue weighted by Crippen LogP contribution is 2.38. The minimum atomic E-state index is -3.05. The zero-order chi connectivity index (χ0) is 28.9. The van der Waals surface area contributed by atoms with Crippen LogP contribution < -0.4 is 9.47 Å². The lowest BCUT2D eigenvalue weighted by molar-refractivity contribution is -0.153. The number of aromatic nitrogens is 1. The van der Waals surface area contributed by atoms with Crippen molar-refractivity contribution >= 4 is 56.6 Å². The monoisotopic (exact) mass is 621 g/mol. The zero-order valence-electron chi connectivity index (χ0n) is 21.4. The molecule has 2 aromatic carbocycles. The zero-order valence-corrected chi connectivity index (χ0v) is 23.7. The molecule has 2 aromatic heterocycles. The third-order valence-corrected chi connectivity index (χ3v) is 8.21. The van der Waals surface area contributed by atoms with Gasteiger partial charge in [0.2, 0.25) is 0 Å². The van der Waals surface area contributed by atoms with Crippen LogP contribution in [0.2, 0.25) is 10.0 Å². The van der Waals surface area contributed by atoms with Gasteiger partial charge in [0.15, 0.2) is 18.1 Å². The van der Waals surface area contributed by atoms with Gasteiger partial charge < -0.3 is 18.9 Å². The third kappa shape index (κ3) is 7.25. The average molecular weight is 622 g/mol. The molecule has 0 aliphatic heterocycles. The normalized spacial score (nSPS) is 14.0. The Morgan fingerprint density at radius 3 is 2.46 bits per heavy atom. The number of pyridine rings is 1. The second-order valence-corrected chi connectivity index (χ2v) is 11.1. The number of nitrogens with zero attached hydrogens (tertiary/aromatic N) is 1. The Morgan fingerprint density at radius 1 is 1.02 bits per heavy atom. The molecule has 2 heterocycles. The van der Waals surface area contributed by atoms with Crippen LogP contribution in [-0.2, 0) is 20.7 Å². The summed E-state index contributed by atoms with van der Waals surface area (Å²) in [4.78, 5) is 29.8. The Kier molecular flexibility index (Phi) is 9.22. The number of hydrogen-bond acceptors (Lipinski definition) is 8. The number of thiophene rings is 1. The average Bonchev–Trinajstić information content (AvgIpc) is 3.36. The highest BCUT2D eigenvalue weighted by molar-refractivity contribution is 7.20. The van der Waals surface area contributed by atoms with E-state index in [1.807, 2.05) is 24.3 Å². The van der Waals surface area contributed by atoms with Crippen molar-refractivity contribution in [3.63, 3.8) is 0 Å². The Labute approximate surface area is 247 Å². The molecule has 1 atom stereocenters. The third-order valence-electron chi connectivity index (χ3n) is 6.46. The van der Waals surface area contributed by atoms with E-state index in [1.165, 1.54) is 41.9 Å². The number of alkyl halides is 2. The fourth-order valence-electron chi connectivity index (χ4n) is 4.20. The van der Waals surface area contributed by atoms with E-state index in [0.717, 1.165) is 29.3 Å². The number of benzene rings is 2. The molecule has 0 unspecified atom stereocenters. The van der Waals surface area contributed by atoms with E-state index < -0.39 is 31.3 Å². The first-order chi connectivity index (χ1) is 19.8. The van der Waals surface area contributed by atoms with E-state index in [4.69, 9.17) is 37.4 Å². The number of halogens is 4. The quantitative estimate of drug-likeness (QED) is 0.158. The number of ether oxygens (including phenoxy) is 4. The number of carbonyl (C=O) groups excluding carboxylic acids is 2. The molecule has 12 heteroatoms. The molecule has 1 aliphatic rings. The number of fused-ring (bicyclic) bond motifs is 1. The van der Waals surface area contributed by atoms with Crippen LogP contribution in [0.4, 0.5) is 8.78 Å². The van der Waals surface area contributed by atoms with Crippen molar-refractivity contribution in [2.45, 2.75) is 44.5 Å². The summed E-state index contributed by atoms with van der Waals surface area (Å²) in [7, 11) is 0. The van der Waals surface area contributed by atoms with Gasteiger partial charge in [0, 0.05) is 23.5 Å². The Hall–Kier alpha value is -3.47. The highest BCUT2D eigenvalue weighted by atomic mass is 35.5. The molecule has 0 radical (unpaired) electrons. The Morgan fingerprint density at radius 2 is 1.78 bits per heavy atom. The molecule has 1 saturated carbocycles. The summed E-state index contributed by atoms with van der Waals surface area (Å²) in [6, 6.07) is 13.5. The van der Waals surface area contributed by atoms with Crippen LogP contribution in [0.3, 0.4) is 0 Å². The van der Waals surface area contributed by atoms with Gasteiger partial charge in [-0.1, -0.05) is 47.5 Å². The maximum atomic E-state index is 13.1. The summed E-state index contributed by atoms with van der Waals surface area (Å²) >= 11 is 13.9. The highest BCUT2D eigenvalue weighted by Gasteiger charge is 2.26. The van der Waals surface area contributed by atoms with Crippen LogP contribution in [0.1, 0.15) is 46.2 Å². The van der Waals surface area contributed by atoms with Crippen LogP contribution in [-0.4, -0.2) is 36.2 Å². The Balaban J connectivity index is 1.36. The van der Waals surface area contributed by atoms with E-state index in [1.54, 1.807) is 6.07 Å². The standard InChI is InChI=1S/C29H23Cl2F2NO6S/c30-20-13-34-14-21(31)19(20)12-23(16-8-9-22(40-29(32)33)24(10-16)38-18-5-3-6-18)39-27(35)15-37-28(36)26-11-17-4-1-2-7-25(17)41-26/h1-2,4,7-11,13-14,18,23,29H,3,5-6,12,15H2/t23-/m0/s1. The molecule has 1 aliphatic carbocycles. The fourth-order valence-corrected chi connectivity index (χ4v) is 5.67. The second kappa shape index (κ2) is 13.0. The largest absolute Gasteiger partial charge is 0.487 e. The van der Waals surface area contributed by atoms with Crippen molar-refractivity contribution < 1.29 is 37.3 Å². The molecule has 5 rings (SSSR count). The minimum Gasteiger partial charge on any atom is -0.487 e. The van der Waals surface area contributed by atoms with Crippen LogP contribution in [0, 0.1) is 0 Å². The van der Waals surface area contributed by atoms with Crippen LogP contribution in [0.25, 0.3) is 10.1 Å². The van der Waals surface area contributed by atoms with Crippen LogP contribution >= 0.6 is 34.5 Å². The number of esters is 2. The lowest BCUT2D eigenvalue weighted by Crippen LogP contribution is -2.25. The van der Waals surface area contributed by atoms with Gasteiger partial charge in [0.05, 0.1) is 16.1 Å². The van der Waals surface area contributed by atoms with E-state index in [9.17, 15) is 18.4 Å². The summed E-state index contributed by atoms with van der Waals surface area (Å²) < 4.78 is 48.5. The number of hydrogen-bond donors (Lipinski definition) is 0. The first-order valence-corrected chi connectivity index (χ1v) is 14.2. The van der Waals surface area contributed by atoms with Crippen molar-refractivity contribution in [3.05, 3.63) is 87.0 Å². The summed E-state index contributed by atoms with van der Waals surface area (Å²) in [5.41, 5.74) is 0.867. The first-order valence-electron chi connectivity index (χ1n) is 12.7. The molecule has 0 N–H and O–H groups in total. The topological polar surface area (TPSA) is 84.0 Å². The maximum absolute atomic E-state index is 13.1. The molecule has 0 bridgehead atoms. The van der Waals surface area contributed by atoms with Crippen LogP contribution in [0.15, 0.2) is 60.9 Å². The van der Waals surface area contributed by atoms with Crippen molar-refractivity contribution in [2.24, 2.45) is 0 Å². The van der Waals surface area contributed by atoms with Crippen molar-refractivity contribution in [3.8, 4) is 11.5 Å². The van der Waals surface area contributed by atoms with Gasteiger partial charge in [-0.15, -0.1) is 11.3 Å². The molecule has 0 spiro atoms. The van der Waals surface area contributed by atoms with E-state index in [2.05, 4.69) is 9.72 Å². The van der Waals surface area contributed by atoms with Crippen LogP contribution in [0.5, 0.6) is 11.5 Å². The summed E-state index contributed by atoms with van der Waals surface area (Å²) in [6.45, 7) is -3.71. The maximum Gasteiger partial charge on any atom is 0.387 e. The molecular weight excluding hydrogens is 599 g/mol. The smallest absolute Gasteiger partial charge is 0.387 e. The lowest BCUT2D eigenvalue weighted by Gasteiger charge is -2.28. The van der Waals surface area contributed by atoms with Crippen molar-refractivity contribution in [1.29, 1.82) is 0 Å². The van der Waals surface area contributed by atoms with Crippen molar-refractivity contribution in [2.75, 3.05) is 6.61 Å². The molecule has 7 nitrogen and oxygen atoms in total. The van der Waals surface area contributed by atoms with Gasteiger partial charge in [-0.25, -0.2) is 9.59 Å². The number of carbonyl (C=O) groups is 2. The van der Waals surface area contributed by atoms with Gasteiger partial charge in [-0.2, -0.15) is 8.78 Å². The van der Waals surface area contributed by atoms with Gasteiger partial charge in [0.1, 0.15) is 11.0 Å². The summed E-state index contributed by atoms with van der Waals surface area (Å²) in [6.07, 6.45) is 4.23. The van der Waals surface area contributed by atoms with Crippen molar-refractivity contribution in [1.82, 2.24) is 4.98 Å². The second-order valence-electron chi connectivity index (χ2n) is 9.24. The van der Waals surface area contributed by atoms with E-state index in [-0.39, 0.29) is 34.1 Å². The van der Waals surface area contributed by atoms with Gasteiger partial charge in [-0.05, 0) is 60.0 Å². The predicted molar refractivity (Wildman–Crippen MR) is 150 cm³/mol. The fraction of sp³-hybridized carbons (Fsp3) is 0.276. The lowest BCUT2D eigenvalue weighted by atomic mass is 9.96. The molecule has 1 fully saturated rings. The predicted octanol–water partition coefficient (Wildman–Crippen LogP) is 7.82. The molecule has 41 heavy (non-hydrogen) atoms. The first kappa shape index (κ1) is 29.0. The molecule has 4 aromatic rings.